The minimum atomic E-state index is -4.14. The highest BCUT2D eigenvalue weighted by Gasteiger charge is 2.34. The van der Waals surface area contributed by atoms with Crippen molar-refractivity contribution in [3.63, 3.8) is 0 Å². The minimum absolute atomic E-state index is 0.309. The van der Waals surface area contributed by atoms with Gasteiger partial charge in [0.2, 0.25) is 0 Å². The highest BCUT2D eigenvalue weighted by atomic mass is 31.2. The van der Waals surface area contributed by atoms with Crippen LogP contribution in [-0.2, 0) is 9.36 Å². The van der Waals surface area contributed by atoms with Crippen LogP contribution >= 0.6 is 7.60 Å². The lowest BCUT2D eigenvalue weighted by Gasteiger charge is -2.23. The third kappa shape index (κ3) is 4.36. The Morgan fingerprint density at radius 1 is 1.46 bits per heavy atom. The number of hydrogen-bond donors (Lipinski definition) is 2. The molecule has 13 heavy (non-hydrogen) atoms. The van der Waals surface area contributed by atoms with Gasteiger partial charge in [-0.05, 0) is 12.5 Å². The molecule has 0 saturated heterocycles. The maximum absolute atomic E-state index is 11.4. The van der Waals surface area contributed by atoms with Gasteiger partial charge < -0.3 is 9.79 Å². The van der Waals surface area contributed by atoms with Crippen LogP contribution in [0.4, 0.5) is 0 Å². The SMILES string of the molecule is C=C(C)C(=O)C(C)(C)CP(=O)(O)O. The normalized spacial score (nSPS) is 12.7. The Labute approximate surface area is 77.8 Å². The van der Waals surface area contributed by atoms with Crippen LogP contribution < -0.4 is 0 Å². The molecular formula is C8H15O4P. The summed E-state index contributed by atoms with van der Waals surface area (Å²) in [4.78, 5) is 28.8. The van der Waals surface area contributed by atoms with Crippen LogP contribution in [-0.4, -0.2) is 21.7 Å². The van der Waals surface area contributed by atoms with E-state index in [1.165, 1.54) is 20.8 Å². The van der Waals surface area contributed by atoms with E-state index in [1.807, 2.05) is 0 Å². The molecule has 0 spiro atoms. The predicted octanol–water partition coefficient (Wildman–Crippen LogP) is 1.34. The number of ketones is 1. The van der Waals surface area contributed by atoms with Gasteiger partial charge in [0.25, 0.3) is 0 Å². The minimum Gasteiger partial charge on any atom is -0.324 e. The van der Waals surface area contributed by atoms with Gasteiger partial charge >= 0.3 is 7.60 Å². The topological polar surface area (TPSA) is 74.6 Å². The number of Topliss-reactive ketones (excluding diaryl/α,β-unsaturated/α-hetero) is 1. The van der Waals surface area contributed by atoms with E-state index in [1.54, 1.807) is 0 Å². The summed E-state index contributed by atoms with van der Waals surface area (Å²) in [6, 6.07) is 0. The average Bonchev–Trinajstić information content (AvgIpc) is 1.80. The van der Waals surface area contributed by atoms with Crippen molar-refractivity contribution in [3.05, 3.63) is 12.2 Å². The van der Waals surface area contributed by atoms with E-state index in [0.29, 0.717) is 5.57 Å². The second kappa shape index (κ2) is 3.74. The van der Waals surface area contributed by atoms with Crippen LogP contribution in [0.5, 0.6) is 0 Å². The fourth-order valence-corrected chi connectivity index (χ4v) is 2.34. The summed E-state index contributed by atoms with van der Waals surface area (Å²) in [5.41, 5.74) is -0.719. The fourth-order valence-electron chi connectivity index (χ4n) is 1.16. The molecule has 0 amide bonds. The summed E-state index contributed by atoms with van der Waals surface area (Å²) in [5, 5.41) is 0. The Morgan fingerprint density at radius 2 is 1.85 bits per heavy atom. The van der Waals surface area contributed by atoms with Gasteiger partial charge in [0, 0.05) is 5.41 Å². The molecule has 0 rings (SSSR count). The van der Waals surface area contributed by atoms with Crippen LogP contribution in [0.2, 0.25) is 0 Å². The van der Waals surface area contributed by atoms with Crippen molar-refractivity contribution in [2.45, 2.75) is 20.8 Å². The van der Waals surface area contributed by atoms with E-state index in [4.69, 9.17) is 9.79 Å². The smallest absolute Gasteiger partial charge is 0.324 e. The van der Waals surface area contributed by atoms with Gasteiger partial charge in [-0.15, -0.1) is 0 Å². The Morgan fingerprint density at radius 3 is 2.08 bits per heavy atom. The molecular weight excluding hydrogens is 191 g/mol. The summed E-state index contributed by atoms with van der Waals surface area (Å²) >= 11 is 0. The molecule has 0 aliphatic carbocycles. The highest BCUT2D eigenvalue weighted by Crippen LogP contribution is 2.42. The third-order valence-corrected chi connectivity index (χ3v) is 2.81. The van der Waals surface area contributed by atoms with Crippen LogP contribution in [0.25, 0.3) is 0 Å². The largest absolute Gasteiger partial charge is 0.326 e. The van der Waals surface area contributed by atoms with Crippen molar-refractivity contribution in [2.75, 3.05) is 6.16 Å². The van der Waals surface area contributed by atoms with E-state index in [-0.39, 0.29) is 5.78 Å². The zero-order chi connectivity index (χ0) is 10.9. The van der Waals surface area contributed by atoms with Crippen LogP contribution in [0.3, 0.4) is 0 Å². The van der Waals surface area contributed by atoms with Crippen LogP contribution in [0, 0.1) is 5.41 Å². The summed E-state index contributed by atoms with van der Waals surface area (Å²) in [7, 11) is -4.14. The third-order valence-electron chi connectivity index (χ3n) is 1.60. The number of rotatable bonds is 4. The van der Waals surface area contributed by atoms with Crippen molar-refractivity contribution in [2.24, 2.45) is 5.41 Å². The van der Waals surface area contributed by atoms with E-state index in [9.17, 15) is 9.36 Å². The molecule has 5 heteroatoms. The predicted molar refractivity (Wildman–Crippen MR) is 50.5 cm³/mol. The van der Waals surface area contributed by atoms with Gasteiger partial charge in [0.1, 0.15) is 0 Å². The second-order valence-corrected chi connectivity index (χ2v) is 5.46. The van der Waals surface area contributed by atoms with Crippen molar-refractivity contribution < 1.29 is 19.1 Å². The lowest BCUT2D eigenvalue weighted by Crippen LogP contribution is -2.28. The average molecular weight is 206 g/mol. The van der Waals surface area contributed by atoms with Crippen molar-refractivity contribution in [1.82, 2.24) is 0 Å². The molecule has 0 radical (unpaired) electrons. The summed E-state index contributed by atoms with van der Waals surface area (Å²) in [5.74, 6) is -0.309. The van der Waals surface area contributed by atoms with Gasteiger partial charge in [-0.25, -0.2) is 0 Å². The summed E-state index contributed by atoms with van der Waals surface area (Å²) in [6.07, 6.45) is -0.439. The van der Waals surface area contributed by atoms with E-state index >= 15 is 0 Å². The lowest BCUT2D eigenvalue weighted by atomic mass is 9.87. The molecule has 0 atom stereocenters. The Hall–Kier alpha value is -0.440. The van der Waals surface area contributed by atoms with Crippen molar-refractivity contribution >= 4 is 13.4 Å². The molecule has 0 heterocycles. The van der Waals surface area contributed by atoms with Gasteiger partial charge in [-0.1, -0.05) is 20.4 Å². The maximum Gasteiger partial charge on any atom is 0.326 e. The first-order valence-corrected chi connectivity index (χ1v) is 5.61. The first-order chi connectivity index (χ1) is 5.56. The first kappa shape index (κ1) is 12.6. The van der Waals surface area contributed by atoms with Gasteiger partial charge in [0.15, 0.2) is 5.78 Å². The molecule has 4 nitrogen and oxygen atoms in total. The lowest BCUT2D eigenvalue weighted by molar-refractivity contribution is -0.122. The molecule has 0 saturated carbocycles. The number of carbonyl (C=O) groups excluding carboxylic acids is 1. The first-order valence-electron chi connectivity index (χ1n) is 3.81. The molecule has 0 aliphatic rings. The Bertz CT molecular complexity index is 274. The molecule has 0 aliphatic heterocycles. The summed E-state index contributed by atoms with van der Waals surface area (Å²) in [6.45, 7) is 7.99. The van der Waals surface area contributed by atoms with Gasteiger partial charge in [-0.3, -0.25) is 9.36 Å². The molecule has 0 bridgehead atoms. The monoisotopic (exact) mass is 206 g/mol. The van der Waals surface area contributed by atoms with Crippen molar-refractivity contribution in [1.29, 1.82) is 0 Å². The number of allylic oxidation sites excluding steroid dienone is 1. The molecule has 0 aromatic rings. The van der Waals surface area contributed by atoms with E-state index in [2.05, 4.69) is 6.58 Å². The molecule has 0 fully saturated rings. The quantitative estimate of drug-likeness (QED) is 0.537. The van der Waals surface area contributed by atoms with Gasteiger partial charge in [0.05, 0.1) is 6.16 Å². The Balaban J connectivity index is 4.69. The van der Waals surface area contributed by atoms with Crippen LogP contribution in [0.1, 0.15) is 20.8 Å². The standard InChI is InChI=1S/C8H15O4P/c1-6(2)7(9)8(3,4)5-13(10,11)12/h1,5H2,2-4H3,(H2,10,11,12). The molecule has 76 valence electrons. The Kier molecular flexibility index (Phi) is 3.62. The molecule has 0 unspecified atom stereocenters. The highest BCUT2D eigenvalue weighted by molar-refractivity contribution is 7.51. The van der Waals surface area contributed by atoms with Crippen molar-refractivity contribution in [3.8, 4) is 0 Å². The summed E-state index contributed by atoms with van der Waals surface area (Å²) < 4.78 is 10.7. The van der Waals surface area contributed by atoms with Crippen LogP contribution in [0.15, 0.2) is 12.2 Å². The fraction of sp³-hybridized carbons (Fsp3) is 0.625. The number of hydrogen-bond acceptors (Lipinski definition) is 2. The molecule has 2 N–H and O–H groups in total. The van der Waals surface area contributed by atoms with E-state index < -0.39 is 19.2 Å². The van der Waals surface area contributed by atoms with E-state index in [0.717, 1.165) is 0 Å². The molecule has 0 aromatic heterocycles. The zero-order valence-electron chi connectivity index (χ0n) is 8.07. The maximum atomic E-state index is 11.4. The molecule has 0 aromatic carbocycles. The van der Waals surface area contributed by atoms with Gasteiger partial charge in [-0.2, -0.15) is 0 Å². The number of carbonyl (C=O) groups is 1. The second-order valence-electron chi connectivity index (χ2n) is 3.82. The zero-order valence-corrected chi connectivity index (χ0v) is 8.97.